The van der Waals surface area contributed by atoms with Crippen LogP contribution in [0.25, 0.3) is 0 Å². The van der Waals surface area contributed by atoms with Gasteiger partial charge in [-0.2, -0.15) is 0 Å². The highest BCUT2D eigenvalue weighted by atomic mass is 32.2. The van der Waals surface area contributed by atoms with Crippen LogP contribution in [0.4, 0.5) is 5.82 Å². The van der Waals surface area contributed by atoms with Crippen LogP contribution in [0, 0.1) is 0 Å². The average Bonchev–Trinajstić information content (AvgIpc) is 2.29. The van der Waals surface area contributed by atoms with Gasteiger partial charge >= 0.3 is 0 Å². The molecule has 0 aliphatic carbocycles. The van der Waals surface area contributed by atoms with Gasteiger partial charge in [-0.1, -0.05) is 6.92 Å². The summed E-state index contributed by atoms with van der Waals surface area (Å²) in [4.78, 5) is 14.8. The van der Waals surface area contributed by atoms with Crippen LogP contribution in [0.15, 0.2) is 18.3 Å². The molecule has 3 N–H and O–H groups in total. The number of primary amides is 1. The fourth-order valence-corrected chi connectivity index (χ4v) is 1.70. The average molecular weight is 241 g/mol. The predicted octanol–water partition coefficient (Wildman–Crippen LogP) is 0.361. The van der Waals surface area contributed by atoms with Gasteiger partial charge in [0.15, 0.2) is 0 Å². The lowest BCUT2D eigenvalue weighted by Crippen LogP contribution is -2.14. The van der Waals surface area contributed by atoms with Crippen molar-refractivity contribution in [3.8, 4) is 0 Å². The van der Waals surface area contributed by atoms with E-state index in [0.29, 0.717) is 29.4 Å². The fraction of sp³-hybridized carbons (Fsp3) is 0.400. The third-order valence-corrected chi connectivity index (χ3v) is 3.31. The van der Waals surface area contributed by atoms with Gasteiger partial charge < -0.3 is 11.1 Å². The van der Waals surface area contributed by atoms with Crippen molar-refractivity contribution in [2.24, 2.45) is 5.73 Å². The van der Waals surface area contributed by atoms with E-state index >= 15 is 0 Å². The van der Waals surface area contributed by atoms with Crippen molar-refractivity contribution in [1.29, 1.82) is 0 Å². The van der Waals surface area contributed by atoms with E-state index in [-0.39, 0.29) is 0 Å². The van der Waals surface area contributed by atoms with Crippen LogP contribution in [0.5, 0.6) is 0 Å². The molecule has 1 unspecified atom stereocenters. The van der Waals surface area contributed by atoms with Crippen LogP contribution in [-0.4, -0.2) is 33.2 Å². The van der Waals surface area contributed by atoms with Crippen LogP contribution >= 0.6 is 0 Å². The quantitative estimate of drug-likeness (QED) is 0.753. The first-order valence-corrected chi connectivity index (χ1v) is 6.47. The van der Waals surface area contributed by atoms with Gasteiger partial charge in [-0.25, -0.2) is 4.98 Å². The molecule has 0 aromatic carbocycles. The Balaban J connectivity index is 2.43. The number of amides is 1. The second-order valence-electron chi connectivity index (χ2n) is 3.16. The third-order valence-electron chi connectivity index (χ3n) is 2.01. The molecule has 88 valence electrons. The molecule has 0 bridgehead atoms. The molecule has 0 saturated heterocycles. The molecule has 0 aliphatic heterocycles. The molecule has 0 spiro atoms. The third kappa shape index (κ3) is 3.98. The summed E-state index contributed by atoms with van der Waals surface area (Å²) in [6.45, 7) is 2.49. The molecule has 1 aromatic rings. The zero-order valence-corrected chi connectivity index (χ0v) is 9.92. The summed E-state index contributed by atoms with van der Waals surface area (Å²) in [5.74, 6) is 1.41. The van der Waals surface area contributed by atoms with Crippen molar-refractivity contribution >= 4 is 22.5 Å². The molecule has 1 amide bonds. The van der Waals surface area contributed by atoms with Gasteiger partial charge in [0.05, 0.1) is 5.56 Å². The normalized spacial score (nSPS) is 12.1. The van der Waals surface area contributed by atoms with Crippen LogP contribution in [0.3, 0.4) is 0 Å². The Labute approximate surface area is 96.9 Å². The van der Waals surface area contributed by atoms with Crippen molar-refractivity contribution in [3.05, 3.63) is 23.9 Å². The monoisotopic (exact) mass is 241 g/mol. The van der Waals surface area contributed by atoms with Crippen molar-refractivity contribution < 1.29 is 9.00 Å². The summed E-state index contributed by atoms with van der Waals surface area (Å²) >= 11 is 0. The minimum absolute atomic E-state index is 0.377. The molecule has 0 radical (unpaired) electrons. The Bertz CT molecular complexity index is 378. The Morgan fingerprint density at radius 1 is 1.56 bits per heavy atom. The van der Waals surface area contributed by atoms with Crippen molar-refractivity contribution in [3.63, 3.8) is 0 Å². The van der Waals surface area contributed by atoms with Crippen LogP contribution in [0.1, 0.15) is 17.3 Å². The summed E-state index contributed by atoms with van der Waals surface area (Å²) < 4.78 is 11.1. The zero-order valence-electron chi connectivity index (χ0n) is 9.10. The number of carbonyl (C=O) groups excluding carboxylic acids is 1. The first-order chi connectivity index (χ1) is 7.63. The maximum Gasteiger partial charge on any atom is 0.250 e. The first-order valence-electron chi connectivity index (χ1n) is 4.98. The highest BCUT2D eigenvalue weighted by molar-refractivity contribution is 7.84. The van der Waals surface area contributed by atoms with Crippen LogP contribution in [-0.2, 0) is 10.8 Å². The van der Waals surface area contributed by atoms with E-state index in [2.05, 4.69) is 10.3 Å². The Morgan fingerprint density at radius 3 is 2.81 bits per heavy atom. The van der Waals surface area contributed by atoms with Gasteiger partial charge in [0, 0.05) is 35.0 Å². The molecular weight excluding hydrogens is 226 g/mol. The first kappa shape index (κ1) is 12.6. The maximum absolute atomic E-state index is 11.1. The van der Waals surface area contributed by atoms with E-state index < -0.39 is 16.7 Å². The number of hydrogen-bond donors (Lipinski definition) is 2. The number of nitrogens with zero attached hydrogens (tertiary/aromatic N) is 1. The highest BCUT2D eigenvalue weighted by Gasteiger charge is 2.01. The Hall–Kier alpha value is -1.43. The number of nitrogens with two attached hydrogens (primary N) is 1. The molecule has 0 aliphatic rings. The van der Waals surface area contributed by atoms with Crippen molar-refractivity contribution in [2.45, 2.75) is 6.92 Å². The molecule has 16 heavy (non-hydrogen) atoms. The predicted molar refractivity (Wildman–Crippen MR) is 64.8 cm³/mol. The number of rotatable bonds is 6. The molecule has 0 fully saturated rings. The molecule has 0 saturated carbocycles. The lowest BCUT2D eigenvalue weighted by atomic mass is 10.3. The van der Waals surface area contributed by atoms with Gasteiger partial charge in [0.1, 0.15) is 5.82 Å². The standard InChI is InChI=1S/C10H15N3O2S/c1-2-16(15)6-5-12-9-4-3-8(7-13-9)10(11)14/h3-4,7H,2,5-6H2,1H3,(H2,11,14)(H,12,13). The maximum atomic E-state index is 11.1. The van der Waals surface area contributed by atoms with E-state index in [1.165, 1.54) is 6.20 Å². The van der Waals surface area contributed by atoms with Gasteiger partial charge in [0.2, 0.25) is 5.91 Å². The number of aromatic nitrogens is 1. The second-order valence-corrected chi connectivity index (χ2v) is 5.02. The zero-order chi connectivity index (χ0) is 12.0. The van der Waals surface area contributed by atoms with Crippen LogP contribution < -0.4 is 11.1 Å². The summed E-state index contributed by atoms with van der Waals surface area (Å²) in [5.41, 5.74) is 5.46. The SMILES string of the molecule is CCS(=O)CCNc1ccc(C(N)=O)cn1. The molecule has 1 heterocycles. The van der Waals surface area contributed by atoms with Gasteiger partial charge in [-0.05, 0) is 12.1 Å². The van der Waals surface area contributed by atoms with Crippen LogP contribution in [0.2, 0.25) is 0 Å². The summed E-state index contributed by atoms with van der Waals surface area (Å²) in [7, 11) is -0.777. The molecule has 1 rings (SSSR count). The lowest BCUT2D eigenvalue weighted by molar-refractivity contribution is 0.1000. The summed E-state index contributed by atoms with van der Waals surface area (Å²) in [6, 6.07) is 3.28. The number of hydrogen-bond acceptors (Lipinski definition) is 4. The van der Waals surface area contributed by atoms with E-state index in [1.54, 1.807) is 12.1 Å². The van der Waals surface area contributed by atoms with E-state index in [1.807, 2.05) is 6.92 Å². The minimum atomic E-state index is -0.777. The summed E-state index contributed by atoms with van der Waals surface area (Å²) in [6.07, 6.45) is 1.42. The number of pyridine rings is 1. The van der Waals surface area contributed by atoms with E-state index in [0.717, 1.165) is 0 Å². The molecule has 1 aromatic heterocycles. The lowest BCUT2D eigenvalue weighted by Gasteiger charge is -2.04. The second kappa shape index (κ2) is 6.22. The topological polar surface area (TPSA) is 85.1 Å². The fourth-order valence-electron chi connectivity index (χ4n) is 1.08. The van der Waals surface area contributed by atoms with E-state index in [9.17, 15) is 9.00 Å². The molecule has 1 atom stereocenters. The Morgan fingerprint density at radius 2 is 2.31 bits per heavy atom. The van der Waals surface area contributed by atoms with Gasteiger partial charge in [0.25, 0.3) is 0 Å². The molecule has 6 heteroatoms. The number of carbonyl (C=O) groups is 1. The highest BCUT2D eigenvalue weighted by Crippen LogP contribution is 2.03. The number of nitrogens with one attached hydrogen (secondary N) is 1. The number of anilines is 1. The Kier molecular flexibility index (Phi) is 4.91. The van der Waals surface area contributed by atoms with Gasteiger partial charge in [-0.3, -0.25) is 9.00 Å². The molecule has 5 nitrogen and oxygen atoms in total. The minimum Gasteiger partial charge on any atom is -0.369 e. The molecular formula is C10H15N3O2S. The summed E-state index contributed by atoms with van der Waals surface area (Å²) in [5, 5.41) is 3.02. The van der Waals surface area contributed by atoms with E-state index in [4.69, 9.17) is 5.73 Å². The van der Waals surface area contributed by atoms with Gasteiger partial charge in [-0.15, -0.1) is 0 Å². The van der Waals surface area contributed by atoms with Crippen molar-refractivity contribution in [1.82, 2.24) is 4.98 Å². The van der Waals surface area contributed by atoms with Crippen molar-refractivity contribution in [2.75, 3.05) is 23.4 Å². The largest absolute Gasteiger partial charge is 0.369 e. The smallest absolute Gasteiger partial charge is 0.250 e.